The van der Waals surface area contributed by atoms with Crippen LogP contribution in [0.2, 0.25) is 5.02 Å². The van der Waals surface area contributed by atoms with Crippen molar-refractivity contribution < 1.29 is 9.13 Å². The molecule has 0 radical (unpaired) electrons. The second-order valence-electron chi connectivity index (χ2n) is 4.31. The van der Waals surface area contributed by atoms with Gasteiger partial charge in [-0.3, -0.25) is 0 Å². The minimum absolute atomic E-state index is 0.0975. The number of nitrogens with zero attached hydrogens (tertiary/aromatic N) is 2. The molecule has 0 atom stereocenters. The third-order valence-electron chi connectivity index (χ3n) is 2.60. The smallest absolute Gasteiger partial charge is 0.231 e. The first-order chi connectivity index (χ1) is 9.51. The maximum absolute atomic E-state index is 13.1. The zero-order chi connectivity index (χ0) is 14.7. The Kier molecular flexibility index (Phi) is 4.67. The summed E-state index contributed by atoms with van der Waals surface area (Å²) in [5, 5.41) is 4.15. The summed E-state index contributed by atoms with van der Waals surface area (Å²) in [6, 6.07) is 4.53. The van der Waals surface area contributed by atoms with Crippen LogP contribution in [0.15, 0.2) is 18.2 Å². The molecule has 1 heterocycles. The van der Waals surface area contributed by atoms with E-state index in [1.807, 2.05) is 19.0 Å². The van der Waals surface area contributed by atoms with E-state index in [1.165, 1.54) is 17.4 Å². The number of hydrogen-bond acceptors (Lipinski definition) is 5. The molecule has 0 saturated heterocycles. The number of anilines is 2. The average Bonchev–Trinajstić information content (AvgIpc) is 2.83. The van der Waals surface area contributed by atoms with E-state index < -0.39 is 5.82 Å². The van der Waals surface area contributed by atoms with E-state index in [0.29, 0.717) is 12.4 Å². The van der Waals surface area contributed by atoms with Crippen molar-refractivity contribution in [1.29, 1.82) is 0 Å². The third kappa shape index (κ3) is 3.32. The van der Waals surface area contributed by atoms with Crippen LogP contribution < -0.4 is 15.0 Å². The number of rotatable bonds is 5. The highest BCUT2D eigenvalue weighted by Gasteiger charge is 2.13. The molecule has 1 aromatic carbocycles. The van der Waals surface area contributed by atoms with Crippen LogP contribution in [0.3, 0.4) is 0 Å². The summed E-state index contributed by atoms with van der Waals surface area (Å²) in [7, 11) is 5.44. The second kappa shape index (κ2) is 6.28. The van der Waals surface area contributed by atoms with E-state index in [2.05, 4.69) is 10.3 Å². The van der Waals surface area contributed by atoms with E-state index in [4.69, 9.17) is 16.3 Å². The zero-order valence-electron chi connectivity index (χ0n) is 11.4. The molecule has 20 heavy (non-hydrogen) atoms. The number of nitrogens with one attached hydrogen (secondary N) is 1. The molecule has 2 aromatic rings. The first-order valence-corrected chi connectivity index (χ1v) is 7.10. The van der Waals surface area contributed by atoms with Crippen molar-refractivity contribution in [3.63, 3.8) is 0 Å². The molecule has 4 nitrogen and oxygen atoms in total. The number of aromatic nitrogens is 1. The van der Waals surface area contributed by atoms with Crippen LogP contribution >= 0.6 is 22.9 Å². The minimum Gasteiger partial charge on any atom is -0.480 e. The van der Waals surface area contributed by atoms with Gasteiger partial charge in [0, 0.05) is 19.8 Å². The maximum atomic E-state index is 13.1. The molecular weight excluding hydrogens is 301 g/mol. The predicted octanol–water partition coefficient (Wildman–Crippen LogP) is 3.62. The first kappa shape index (κ1) is 14.9. The molecule has 0 aliphatic carbocycles. The Morgan fingerprint density at radius 3 is 2.80 bits per heavy atom. The van der Waals surface area contributed by atoms with E-state index in [0.717, 1.165) is 15.7 Å². The Hall–Kier alpha value is -1.53. The van der Waals surface area contributed by atoms with Crippen LogP contribution in [0.1, 0.15) is 4.88 Å². The molecule has 0 aliphatic heterocycles. The van der Waals surface area contributed by atoms with Crippen LogP contribution in [-0.4, -0.2) is 26.2 Å². The van der Waals surface area contributed by atoms with Gasteiger partial charge in [-0.1, -0.05) is 22.9 Å². The lowest BCUT2D eigenvalue weighted by molar-refractivity contribution is 0.397. The Labute approximate surface area is 126 Å². The fraction of sp³-hybridized carbons (Fsp3) is 0.308. The van der Waals surface area contributed by atoms with Crippen molar-refractivity contribution in [2.45, 2.75) is 6.54 Å². The number of ether oxygens (including phenoxy) is 1. The number of halogens is 2. The zero-order valence-corrected chi connectivity index (χ0v) is 13.0. The summed E-state index contributed by atoms with van der Waals surface area (Å²) in [6.45, 7) is 0.538. The largest absolute Gasteiger partial charge is 0.480 e. The molecule has 0 amide bonds. The van der Waals surface area contributed by atoms with E-state index >= 15 is 0 Å². The van der Waals surface area contributed by atoms with Crippen molar-refractivity contribution in [1.82, 2.24) is 4.98 Å². The highest BCUT2D eigenvalue weighted by molar-refractivity contribution is 7.15. The van der Waals surface area contributed by atoms with Gasteiger partial charge >= 0.3 is 0 Å². The Morgan fingerprint density at radius 2 is 2.20 bits per heavy atom. The van der Waals surface area contributed by atoms with Gasteiger partial charge in [0.05, 0.1) is 23.6 Å². The third-order valence-corrected chi connectivity index (χ3v) is 4.09. The Morgan fingerprint density at radius 1 is 1.45 bits per heavy atom. The molecule has 1 aromatic heterocycles. The van der Waals surface area contributed by atoms with Gasteiger partial charge in [-0.2, -0.15) is 4.98 Å². The second-order valence-corrected chi connectivity index (χ2v) is 5.78. The monoisotopic (exact) mass is 315 g/mol. The van der Waals surface area contributed by atoms with E-state index in [9.17, 15) is 4.39 Å². The summed E-state index contributed by atoms with van der Waals surface area (Å²) in [4.78, 5) is 7.26. The number of hydrogen-bond donors (Lipinski definition) is 1. The van der Waals surface area contributed by atoms with Gasteiger partial charge in [-0.15, -0.1) is 0 Å². The summed E-state index contributed by atoms with van der Waals surface area (Å²) >= 11 is 7.28. The lowest BCUT2D eigenvalue weighted by Gasteiger charge is -2.06. The quantitative estimate of drug-likeness (QED) is 0.914. The Bertz CT molecular complexity index is 603. The molecule has 0 saturated carbocycles. The molecule has 0 fully saturated rings. The molecule has 1 N–H and O–H groups in total. The van der Waals surface area contributed by atoms with Gasteiger partial charge in [-0.05, 0) is 18.2 Å². The topological polar surface area (TPSA) is 37.4 Å². The first-order valence-electron chi connectivity index (χ1n) is 5.91. The van der Waals surface area contributed by atoms with Gasteiger partial charge < -0.3 is 15.0 Å². The summed E-state index contributed by atoms with van der Waals surface area (Å²) in [5.74, 6) is 0.168. The lowest BCUT2D eigenvalue weighted by atomic mass is 10.3. The van der Waals surface area contributed by atoms with Crippen LogP contribution in [0.5, 0.6) is 5.88 Å². The number of thiazole rings is 1. The van der Waals surface area contributed by atoms with Crippen LogP contribution in [0.25, 0.3) is 0 Å². The molecule has 0 bridgehead atoms. The van der Waals surface area contributed by atoms with Gasteiger partial charge in [0.2, 0.25) is 5.88 Å². The molecule has 7 heteroatoms. The van der Waals surface area contributed by atoms with Crippen LogP contribution in [0.4, 0.5) is 15.2 Å². The standard InChI is InChI=1S/C13H15ClFN3OS/c1-18(2)13-17-12(19-3)11(20-13)7-16-8-4-5-10(15)9(14)6-8/h4-6,16H,7H2,1-3H3. The highest BCUT2D eigenvalue weighted by atomic mass is 35.5. The molecule has 108 valence electrons. The van der Waals surface area contributed by atoms with Crippen molar-refractivity contribution in [3.8, 4) is 5.88 Å². The summed E-state index contributed by atoms with van der Waals surface area (Å²) in [5.41, 5.74) is 0.748. The van der Waals surface area contributed by atoms with Crippen LogP contribution in [-0.2, 0) is 6.54 Å². The molecule has 2 rings (SSSR count). The average molecular weight is 316 g/mol. The minimum atomic E-state index is -0.428. The highest BCUT2D eigenvalue weighted by Crippen LogP contribution is 2.31. The molecule has 0 spiro atoms. The van der Waals surface area contributed by atoms with Gasteiger partial charge in [0.15, 0.2) is 5.13 Å². The molecule has 0 unspecified atom stereocenters. The van der Waals surface area contributed by atoms with Crippen molar-refractivity contribution >= 4 is 33.8 Å². The van der Waals surface area contributed by atoms with Gasteiger partial charge in [-0.25, -0.2) is 4.39 Å². The predicted molar refractivity (Wildman–Crippen MR) is 81.7 cm³/mol. The van der Waals surface area contributed by atoms with Gasteiger partial charge in [0.25, 0.3) is 0 Å². The summed E-state index contributed by atoms with van der Waals surface area (Å²) < 4.78 is 18.3. The molecule has 0 aliphatic rings. The lowest BCUT2D eigenvalue weighted by Crippen LogP contribution is -2.07. The van der Waals surface area contributed by atoms with E-state index in [1.54, 1.807) is 19.2 Å². The Balaban J connectivity index is 2.11. The van der Waals surface area contributed by atoms with Crippen molar-refractivity contribution in [2.75, 3.05) is 31.4 Å². The van der Waals surface area contributed by atoms with Crippen molar-refractivity contribution in [2.24, 2.45) is 0 Å². The normalized spacial score (nSPS) is 10.4. The number of methoxy groups -OCH3 is 1. The fourth-order valence-electron chi connectivity index (χ4n) is 1.58. The van der Waals surface area contributed by atoms with E-state index in [-0.39, 0.29) is 5.02 Å². The maximum Gasteiger partial charge on any atom is 0.231 e. The van der Waals surface area contributed by atoms with Gasteiger partial charge in [0.1, 0.15) is 5.82 Å². The fourth-order valence-corrected chi connectivity index (χ4v) is 2.65. The molecular formula is C13H15ClFN3OS. The SMILES string of the molecule is COc1nc(N(C)C)sc1CNc1ccc(F)c(Cl)c1. The van der Waals surface area contributed by atoms with Crippen LogP contribution in [0, 0.1) is 5.82 Å². The van der Waals surface area contributed by atoms with Crippen molar-refractivity contribution in [3.05, 3.63) is 33.9 Å². The summed E-state index contributed by atoms with van der Waals surface area (Å²) in [6.07, 6.45) is 0. The number of benzene rings is 1.